The molecule has 2 heterocycles. The van der Waals surface area contributed by atoms with Gasteiger partial charge >= 0.3 is 0 Å². The van der Waals surface area contributed by atoms with Crippen LogP contribution in [0.15, 0.2) is 29.6 Å². The Morgan fingerprint density at radius 2 is 2.16 bits per heavy atom. The van der Waals surface area contributed by atoms with Crippen molar-refractivity contribution in [2.24, 2.45) is 0 Å². The summed E-state index contributed by atoms with van der Waals surface area (Å²) in [5.41, 5.74) is 5.69. The number of anilines is 1. The Morgan fingerprint density at radius 1 is 1.21 bits per heavy atom. The maximum absolute atomic E-state index is 3.58. The quantitative estimate of drug-likeness (QED) is 0.869. The highest BCUT2D eigenvalue weighted by atomic mass is 32.1. The van der Waals surface area contributed by atoms with Crippen LogP contribution in [0.2, 0.25) is 0 Å². The summed E-state index contributed by atoms with van der Waals surface area (Å²) in [6.07, 6.45) is 2.29. The van der Waals surface area contributed by atoms with Crippen LogP contribution < -0.4 is 10.6 Å². The third-order valence-corrected chi connectivity index (χ3v) is 4.72. The minimum atomic E-state index is 0.942. The number of aryl methyl sites for hydroxylation is 1. The van der Waals surface area contributed by atoms with Gasteiger partial charge in [0.15, 0.2) is 0 Å². The monoisotopic (exact) mass is 272 g/mol. The number of nitrogens with one attached hydrogen (secondary N) is 2. The van der Waals surface area contributed by atoms with Gasteiger partial charge in [-0.3, -0.25) is 0 Å². The zero-order valence-electron chi connectivity index (χ0n) is 11.3. The van der Waals surface area contributed by atoms with Gasteiger partial charge in [0, 0.05) is 30.2 Å². The van der Waals surface area contributed by atoms with Gasteiger partial charge in [-0.1, -0.05) is 25.1 Å². The lowest BCUT2D eigenvalue weighted by atomic mass is 10.1. The fourth-order valence-electron chi connectivity index (χ4n) is 2.71. The largest absolute Gasteiger partial charge is 0.384 e. The second kappa shape index (κ2) is 5.76. The van der Waals surface area contributed by atoms with Gasteiger partial charge in [-0.25, -0.2) is 0 Å². The van der Waals surface area contributed by atoms with Crippen molar-refractivity contribution in [3.63, 3.8) is 0 Å². The molecule has 100 valence electrons. The first-order valence-corrected chi connectivity index (χ1v) is 7.87. The van der Waals surface area contributed by atoms with Crippen molar-refractivity contribution >= 4 is 17.0 Å². The van der Waals surface area contributed by atoms with Crippen LogP contribution in [0.25, 0.3) is 0 Å². The molecule has 0 aliphatic carbocycles. The average Bonchev–Trinajstić information content (AvgIpc) is 3.07. The summed E-state index contributed by atoms with van der Waals surface area (Å²) in [5.74, 6) is 0. The van der Waals surface area contributed by atoms with Gasteiger partial charge in [0.05, 0.1) is 0 Å². The van der Waals surface area contributed by atoms with Crippen molar-refractivity contribution in [3.8, 4) is 0 Å². The minimum Gasteiger partial charge on any atom is -0.384 e. The van der Waals surface area contributed by atoms with Gasteiger partial charge in [-0.2, -0.15) is 0 Å². The Morgan fingerprint density at radius 3 is 3.05 bits per heavy atom. The van der Waals surface area contributed by atoms with Crippen LogP contribution in [0.4, 0.5) is 5.69 Å². The van der Waals surface area contributed by atoms with Crippen molar-refractivity contribution in [2.75, 3.05) is 11.9 Å². The second-order valence-corrected chi connectivity index (χ2v) is 5.95. The van der Waals surface area contributed by atoms with Gasteiger partial charge in [0.2, 0.25) is 0 Å². The summed E-state index contributed by atoms with van der Waals surface area (Å²) in [7, 11) is 0. The van der Waals surface area contributed by atoms with E-state index in [4.69, 9.17) is 0 Å². The summed E-state index contributed by atoms with van der Waals surface area (Å²) < 4.78 is 0. The molecule has 19 heavy (non-hydrogen) atoms. The predicted octanol–water partition coefficient (Wildman–Crippen LogP) is 3.57. The molecular formula is C16H20N2S. The summed E-state index contributed by atoms with van der Waals surface area (Å²) >= 11 is 1.86. The van der Waals surface area contributed by atoms with E-state index in [1.54, 1.807) is 0 Å². The molecule has 0 amide bonds. The SMILES string of the molecule is CCc1ccsc1CNCc1cccc2c1NCC2. The fraction of sp³-hybridized carbons (Fsp3) is 0.375. The molecule has 1 aromatic heterocycles. The van der Waals surface area contributed by atoms with E-state index in [-0.39, 0.29) is 0 Å². The molecule has 0 unspecified atom stereocenters. The zero-order chi connectivity index (χ0) is 13.1. The Kier molecular flexibility index (Phi) is 3.85. The van der Waals surface area contributed by atoms with Crippen molar-refractivity contribution in [1.82, 2.24) is 5.32 Å². The number of hydrogen-bond donors (Lipinski definition) is 2. The summed E-state index contributed by atoms with van der Waals surface area (Å²) in [5, 5.41) is 9.27. The Balaban J connectivity index is 1.63. The molecule has 0 bridgehead atoms. The molecule has 3 rings (SSSR count). The van der Waals surface area contributed by atoms with Crippen molar-refractivity contribution in [2.45, 2.75) is 32.9 Å². The Hall–Kier alpha value is -1.32. The lowest BCUT2D eigenvalue weighted by Gasteiger charge is -2.10. The second-order valence-electron chi connectivity index (χ2n) is 4.95. The van der Waals surface area contributed by atoms with E-state index in [1.807, 2.05) is 11.3 Å². The van der Waals surface area contributed by atoms with Crippen LogP contribution in [-0.4, -0.2) is 6.54 Å². The molecule has 2 N–H and O–H groups in total. The molecule has 1 aliphatic rings. The van der Waals surface area contributed by atoms with Crippen molar-refractivity contribution in [3.05, 3.63) is 51.2 Å². The third kappa shape index (κ3) is 2.67. The normalized spacial score (nSPS) is 13.3. The van der Waals surface area contributed by atoms with Crippen molar-refractivity contribution in [1.29, 1.82) is 0 Å². The molecule has 0 spiro atoms. The van der Waals surface area contributed by atoms with E-state index in [1.165, 1.54) is 27.3 Å². The van der Waals surface area contributed by atoms with Crippen LogP contribution in [0.5, 0.6) is 0 Å². The minimum absolute atomic E-state index is 0.942. The summed E-state index contributed by atoms with van der Waals surface area (Å²) in [4.78, 5) is 1.48. The number of hydrogen-bond acceptors (Lipinski definition) is 3. The molecule has 0 atom stereocenters. The van der Waals surface area contributed by atoms with Crippen LogP contribution in [0.3, 0.4) is 0 Å². The Bertz CT molecular complexity index is 560. The standard InChI is InChI=1S/C16H20N2S/c1-2-12-7-9-19-15(12)11-17-10-14-5-3-4-13-6-8-18-16(13)14/h3-5,7,9,17-18H,2,6,8,10-11H2,1H3. The molecule has 3 heteroatoms. The fourth-order valence-corrected chi connectivity index (χ4v) is 3.65. The van der Waals surface area contributed by atoms with E-state index >= 15 is 0 Å². The highest BCUT2D eigenvalue weighted by Gasteiger charge is 2.13. The maximum atomic E-state index is 3.58. The lowest BCUT2D eigenvalue weighted by molar-refractivity contribution is 0.698. The Labute approximate surface area is 118 Å². The third-order valence-electron chi connectivity index (χ3n) is 3.75. The van der Waals surface area contributed by atoms with Crippen LogP contribution >= 0.6 is 11.3 Å². The van der Waals surface area contributed by atoms with Gasteiger partial charge in [0.25, 0.3) is 0 Å². The van der Waals surface area contributed by atoms with Gasteiger partial charge in [-0.05, 0) is 41.0 Å². The molecule has 0 saturated carbocycles. The van der Waals surface area contributed by atoms with E-state index in [0.717, 1.165) is 32.5 Å². The highest BCUT2D eigenvalue weighted by molar-refractivity contribution is 7.10. The first-order valence-electron chi connectivity index (χ1n) is 6.99. The molecule has 1 aromatic carbocycles. The van der Waals surface area contributed by atoms with E-state index in [0.29, 0.717) is 0 Å². The topological polar surface area (TPSA) is 24.1 Å². The van der Waals surface area contributed by atoms with Crippen LogP contribution in [0, 0.1) is 0 Å². The average molecular weight is 272 g/mol. The highest BCUT2D eigenvalue weighted by Crippen LogP contribution is 2.26. The predicted molar refractivity (Wildman–Crippen MR) is 82.9 cm³/mol. The molecule has 0 radical (unpaired) electrons. The summed E-state index contributed by atoms with van der Waals surface area (Å²) in [6, 6.07) is 8.86. The lowest BCUT2D eigenvalue weighted by Crippen LogP contribution is -2.13. The number of benzene rings is 1. The maximum Gasteiger partial charge on any atom is 0.0419 e. The van der Waals surface area contributed by atoms with Gasteiger partial charge < -0.3 is 10.6 Å². The van der Waals surface area contributed by atoms with Crippen LogP contribution in [0.1, 0.15) is 28.5 Å². The molecule has 2 aromatic rings. The smallest absolute Gasteiger partial charge is 0.0419 e. The number of rotatable bonds is 5. The summed E-state index contributed by atoms with van der Waals surface area (Å²) in [6.45, 7) is 5.22. The first-order chi connectivity index (χ1) is 9.38. The zero-order valence-corrected chi connectivity index (χ0v) is 12.1. The van der Waals surface area contributed by atoms with Gasteiger partial charge in [-0.15, -0.1) is 11.3 Å². The number of fused-ring (bicyclic) bond motifs is 1. The molecule has 2 nitrogen and oxygen atoms in total. The molecule has 1 aliphatic heterocycles. The van der Waals surface area contributed by atoms with E-state index in [9.17, 15) is 0 Å². The van der Waals surface area contributed by atoms with E-state index in [2.05, 4.69) is 47.2 Å². The van der Waals surface area contributed by atoms with Crippen molar-refractivity contribution < 1.29 is 0 Å². The van der Waals surface area contributed by atoms with Gasteiger partial charge in [0.1, 0.15) is 0 Å². The molecule has 0 saturated heterocycles. The number of para-hydroxylation sites is 1. The first kappa shape index (κ1) is 12.7. The number of thiophene rings is 1. The molecular weight excluding hydrogens is 252 g/mol. The molecule has 0 fully saturated rings. The van der Waals surface area contributed by atoms with Crippen LogP contribution in [-0.2, 0) is 25.9 Å². The van der Waals surface area contributed by atoms with E-state index < -0.39 is 0 Å².